The molecule has 0 unspecified atom stereocenters. The van der Waals surface area contributed by atoms with Crippen molar-refractivity contribution in [2.75, 3.05) is 13.1 Å². The number of nitrogens with zero attached hydrogens (tertiary/aromatic N) is 5. The Morgan fingerprint density at radius 3 is 2.58 bits per heavy atom. The molecule has 2 bridgehead atoms. The van der Waals surface area contributed by atoms with Crippen molar-refractivity contribution in [3.63, 3.8) is 0 Å². The number of likely N-dealkylation sites (tertiary alicyclic amines) is 1. The van der Waals surface area contributed by atoms with Gasteiger partial charge in [0.25, 0.3) is 0 Å². The van der Waals surface area contributed by atoms with Gasteiger partial charge < -0.3 is 9.64 Å². The fourth-order valence-corrected chi connectivity index (χ4v) is 7.25. The fourth-order valence-electron chi connectivity index (χ4n) is 7.25. The Morgan fingerprint density at radius 2 is 1.85 bits per heavy atom. The van der Waals surface area contributed by atoms with Crippen molar-refractivity contribution in [3.05, 3.63) is 70.9 Å². The number of rotatable bonds is 3. The van der Waals surface area contributed by atoms with Gasteiger partial charge in [-0.2, -0.15) is 5.10 Å². The van der Waals surface area contributed by atoms with Crippen molar-refractivity contribution in [1.29, 1.82) is 0 Å². The molecule has 6 rings (SSSR count). The number of carbonyl (C=O) groups excluding carboxylic acids is 1. The number of hydrogen-bond acceptors (Lipinski definition) is 6. The van der Waals surface area contributed by atoms with Crippen LogP contribution in [0.25, 0.3) is 11.3 Å². The van der Waals surface area contributed by atoms with Gasteiger partial charge in [0.1, 0.15) is 23.1 Å². The molecule has 3 atom stereocenters. The number of aromatic nitrogens is 4. The van der Waals surface area contributed by atoms with Gasteiger partial charge in [0.2, 0.25) is 0 Å². The molecule has 2 fully saturated rings. The third-order valence-electron chi connectivity index (χ3n) is 9.15. The molecule has 1 aliphatic heterocycles. The van der Waals surface area contributed by atoms with Crippen molar-refractivity contribution < 1.29 is 18.3 Å². The second-order valence-electron chi connectivity index (χ2n) is 12.9. The van der Waals surface area contributed by atoms with E-state index in [-0.39, 0.29) is 34.6 Å². The number of benzene rings is 1. The smallest absolute Gasteiger partial charge is 0.410 e. The molecule has 3 aromatic rings. The maximum Gasteiger partial charge on any atom is 0.410 e. The first-order valence-corrected chi connectivity index (χ1v) is 14.1. The summed E-state index contributed by atoms with van der Waals surface area (Å²) < 4.78 is 34.8. The van der Waals surface area contributed by atoms with Crippen molar-refractivity contribution in [2.45, 2.75) is 83.2 Å². The molecule has 7 nitrogen and oxygen atoms in total. The van der Waals surface area contributed by atoms with Crippen LogP contribution < -0.4 is 0 Å². The minimum absolute atomic E-state index is 0.00343. The molecular formula is C31H35F2N5O2. The molecule has 3 aliphatic rings. The number of carbonyl (C=O) groups is 1. The molecule has 210 valence electrons. The molecule has 0 N–H and O–H groups in total. The summed E-state index contributed by atoms with van der Waals surface area (Å²) in [5, 5.41) is 8.98. The molecule has 40 heavy (non-hydrogen) atoms. The van der Waals surface area contributed by atoms with Gasteiger partial charge in [-0.05, 0) is 87.6 Å². The third-order valence-corrected chi connectivity index (χ3v) is 9.15. The van der Waals surface area contributed by atoms with Crippen LogP contribution in [-0.2, 0) is 10.2 Å². The van der Waals surface area contributed by atoms with Crippen LogP contribution in [0, 0.1) is 17.0 Å². The number of hydrogen-bond donors (Lipinski definition) is 0. The molecule has 1 aromatic carbocycles. The van der Waals surface area contributed by atoms with Crippen molar-refractivity contribution >= 4 is 6.09 Å². The van der Waals surface area contributed by atoms with Gasteiger partial charge in [0, 0.05) is 25.2 Å². The van der Waals surface area contributed by atoms with Crippen LogP contribution in [0.1, 0.15) is 94.9 Å². The van der Waals surface area contributed by atoms with E-state index in [4.69, 9.17) is 9.72 Å². The van der Waals surface area contributed by atoms with E-state index in [9.17, 15) is 13.6 Å². The lowest BCUT2D eigenvalue weighted by atomic mass is 9.66. The Hall–Kier alpha value is -3.49. The van der Waals surface area contributed by atoms with Gasteiger partial charge in [-0.3, -0.25) is 0 Å². The van der Waals surface area contributed by atoms with E-state index < -0.39 is 22.7 Å². The summed E-state index contributed by atoms with van der Waals surface area (Å²) in [4.78, 5) is 24.3. The van der Waals surface area contributed by atoms with Gasteiger partial charge in [-0.15, -0.1) is 5.10 Å². The van der Waals surface area contributed by atoms with E-state index in [1.807, 2.05) is 32.9 Å². The van der Waals surface area contributed by atoms with Crippen LogP contribution in [0.2, 0.25) is 0 Å². The lowest BCUT2D eigenvalue weighted by molar-refractivity contribution is 0.0196. The molecule has 1 saturated carbocycles. The zero-order chi connectivity index (χ0) is 28.4. The van der Waals surface area contributed by atoms with E-state index in [0.717, 1.165) is 42.6 Å². The normalized spacial score (nSPS) is 25.1. The van der Waals surface area contributed by atoms with Crippen LogP contribution in [0.15, 0.2) is 36.5 Å². The molecule has 9 heteroatoms. The van der Waals surface area contributed by atoms with Crippen LogP contribution >= 0.6 is 0 Å². The second-order valence-corrected chi connectivity index (χ2v) is 12.9. The van der Waals surface area contributed by atoms with Crippen LogP contribution in [-0.4, -0.2) is 49.8 Å². The standard InChI is InChI=1S/C31H35F2N5O2/c1-29(2,3)40-28(39)38-15-7-8-18(17-38)27-34-14-12-24(35-27)31-13-11-20(30(31,4)5)19-16-23(36-37-26(19)31)25-21(32)9-6-10-22(25)33/h6,9-10,12,14,16,18,20H,7-8,11,13,15,17H2,1-5H3/t18-,20+,31+/m1/s1. The van der Waals surface area contributed by atoms with Crippen molar-refractivity contribution in [1.82, 2.24) is 25.1 Å². The minimum Gasteiger partial charge on any atom is -0.444 e. The van der Waals surface area contributed by atoms with E-state index in [0.29, 0.717) is 18.9 Å². The highest BCUT2D eigenvalue weighted by Gasteiger charge is 2.65. The summed E-state index contributed by atoms with van der Waals surface area (Å²) in [6.45, 7) is 11.2. The summed E-state index contributed by atoms with van der Waals surface area (Å²) in [5.74, 6) is -0.441. The SMILES string of the molecule is CC(C)(C)OC(=O)N1CCC[C@@H](c2nccc([C@@]34CC[C@@H](c5cc(-c6c(F)cccc6F)nnc53)C4(C)C)n2)C1. The van der Waals surface area contributed by atoms with E-state index in [2.05, 4.69) is 29.0 Å². The highest BCUT2D eigenvalue weighted by atomic mass is 19.1. The first kappa shape index (κ1) is 26.7. The minimum atomic E-state index is -0.653. The summed E-state index contributed by atoms with van der Waals surface area (Å²) in [6, 6.07) is 7.61. The Balaban J connectivity index is 1.36. The Bertz CT molecular complexity index is 1470. The largest absolute Gasteiger partial charge is 0.444 e. The first-order valence-electron chi connectivity index (χ1n) is 14.1. The van der Waals surface area contributed by atoms with Crippen molar-refractivity contribution in [3.8, 4) is 11.3 Å². The van der Waals surface area contributed by atoms with Gasteiger partial charge >= 0.3 is 6.09 Å². The number of amides is 1. The van der Waals surface area contributed by atoms with Gasteiger partial charge in [0.05, 0.1) is 28.1 Å². The number of piperidine rings is 1. The Morgan fingerprint density at radius 1 is 1.10 bits per heavy atom. The van der Waals surface area contributed by atoms with Gasteiger partial charge in [-0.25, -0.2) is 23.5 Å². The number of fused-ring (bicyclic) bond motifs is 5. The van der Waals surface area contributed by atoms with Gasteiger partial charge in [0.15, 0.2) is 0 Å². The highest BCUT2D eigenvalue weighted by molar-refractivity contribution is 5.68. The molecule has 2 aromatic heterocycles. The van der Waals surface area contributed by atoms with E-state index in [1.54, 1.807) is 11.1 Å². The summed E-state index contributed by atoms with van der Waals surface area (Å²) in [5.41, 5.74) is 1.47. The topological polar surface area (TPSA) is 81.1 Å². The zero-order valence-corrected chi connectivity index (χ0v) is 23.7. The van der Waals surface area contributed by atoms with E-state index >= 15 is 0 Å². The molecular weight excluding hydrogens is 512 g/mol. The molecule has 0 spiro atoms. The van der Waals surface area contributed by atoms with Crippen LogP contribution in [0.4, 0.5) is 13.6 Å². The molecule has 3 heterocycles. The predicted octanol–water partition coefficient (Wildman–Crippen LogP) is 6.53. The third kappa shape index (κ3) is 4.08. The van der Waals surface area contributed by atoms with Crippen LogP contribution in [0.5, 0.6) is 0 Å². The average Bonchev–Trinajstić information content (AvgIpc) is 3.29. The lowest BCUT2D eigenvalue weighted by Gasteiger charge is -2.38. The highest BCUT2D eigenvalue weighted by Crippen LogP contribution is 2.69. The first-order chi connectivity index (χ1) is 18.9. The lowest BCUT2D eigenvalue weighted by Crippen LogP contribution is -2.43. The molecule has 2 aliphatic carbocycles. The molecule has 0 radical (unpaired) electrons. The van der Waals surface area contributed by atoms with Crippen LogP contribution in [0.3, 0.4) is 0 Å². The maximum atomic E-state index is 14.6. The summed E-state index contributed by atoms with van der Waals surface area (Å²) in [7, 11) is 0. The predicted molar refractivity (Wildman–Crippen MR) is 146 cm³/mol. The maximum absolute atomic E-state index is 14.6. The second kappa shape index (κ2) is 9.28. The Labute approximate surface area is 233 Å². The molecule has 1 saturated heterocycles. The molecule has 1 amide bonds. The van der Waals surface area contributed by atoms with Crippen molar-refractivity contribution in [2.24, 2.45) is 5.41 Å². The average molecular weight is 548 g/mol. The quantitative estimate of drug-likeness (QED) is 0.371. The van der Waals surface area contributed by atoms with E-state index in [1.165, 1.54) is 18.2 Å². The summed E-state index contributed by atoms with van der Waals surface area (Å²) >= 11 is 0. The number of ether oxygens (including phenoxy) is 1. The fraction of sp³-hybridized carbons (Fsp3) is 0.516. The number of halogens is 2. The van der Waals surface area contributed by atoms with Gasteiger partial charge in [-0.1, -0.05) is 19.9 Å². The monoisotopic (exact) mass is 547 g/mol. The summed E-state index contributed by atoms with van der Waals surface area (Å²) in [6.07, 6.45) is 4.99. The Kier molecular flexibility index (Phi) is 6.20. The zero-order valence-electron chi connectivity index (χ0n) is 23.7.